The zero-order valence-corrected chi connectivity index (χ0v) is 12.0. The Morgan fingerprint density at radius 3 is 2.63 bits per heavy atom. The summed E-state index contributed by atoms with van der Waals surface area (Å²) in [7, 11) is 0. The first-order valence-electron chi connectivity index (χ1n) is 6.69. The molecular formula is C15H21N3O. The maximum atomic E-state index is 5.68. The Bertz CT molecular complexity index is 546. The third-order valence-electron chi connectivity index (χ3n) is 3.11. The van der Waals surface area contributed by atoms with E-state index in [0.29, 0.717) is 17.8 Å². The van der Waals surface area contributed by atoms with Crippen LogP contribution in [0.15, 0.2) is 22.6 Å². The van der Waals surface area contributed by atoms with Crippen LogP contribution < -0.4 is 5.32 Å². The van der Waals surface area contributed by atoms with Gasteiger partial charge < -0.3 is 9.73 Å². The molecule has 0 saturated heterocycles. The molecule has 0 aliphatic heterocycles. The molecule has 1 N–H and O–H groups in total. The Hall–Kier alpha value is -1.68. The van der Waals surface area contributed by atoms with Crippen molar-refractivity contribution in [1.29, 1.82) is 0 Å². The molecule has 19 heavy (non-hydrogen) atoms. The normalized spacial score (nSPS) is 11.2. The molecule has 0 spiro atoms. The van der Waals surface area contributed by atoms with Crippen molar-refractivity contribution in [2.45, 2.75) is 40.2 Å². The van der Waals surface area contributed by atoms with E-state index in [4.69, 9.17) is 4.42 Å². The summed E-state index contributed by atoms with van der Waals surface area (Å²) in [6.45, 7) is 9.27. The van der Waals surface area contributed by atoms with Gasteiger partial charge in [-0.05, 0) is 37.1 Å². The van der Waals surface area contributed by atoms with Crippen molar-refractivity contribution in [3.63, 3.8) is 0 Å². The molecule has 0 bridgehead atoms. The Labute approximate surface area is 114 Å². The van der Waals surface area contributed by atoms with Gasteiger partial charge in [0, 0.05) is 24.6 Å². The monoisotopic (exact) mass is 259 g/mol. The average molecular weight is 259 g/mol. The van der Waals surface area contributed by atoms with Crippen molar-refractivity contribution in [2.24, 2.45) is 0 Å². The zero-order valence-electron chi connectivity index (χ0n) is 12.0. The summed E-state index contributed by atoms with van der Waals surface area (Å²) in [5.74, 6) is 1.28. The first kappa shape index (κ1) is 13.7. The molecule has 0 saturated carbocycles. The van der Waals surface area contributed by atoms with Gasteiger partial charge in [-0.3, -0.25) is 0 Å². The van der Waals surface area contributed by atoms with Crippen molar-refractivity contribution in [3.05, 3.63) is 35.2 Å². The summed E-state index contributed by atoms with van der Waals surface area (Å²) in [6, 6.07) is 6.65. The number of hydrogen-bond acceptors (Lipinski definition) is 4. The number of aryl methyl sites for hydroxylation is 2. The first-order chi connectivity index (χ1) is 9.06. The molecule has 2 rings (SSSR count). The third kappa shape index (κ3) is 3.64. The van der Waals surface area contributed by atoms with E-state index in [-0.39, 0.29) is 0 Å². The van der Waals surface area contributed by atoms with Crippen LogP contribution in [0.4, 0.5) is 0 Å². The summed E-state index contributed by atoms with van der Waals surface area (Å²) in [6.07, 6.45) is 0.760. The van der Waals surface area contributed by atoms with Gasteiger partial charge in [-0.25, -0.2) is 0 Å². The minimum absolute atomic E-state index is 0.474. The van der Waals surface area contributed by atoms with Gasteiger partial charge in [-0.15, -0.1) is 10.2 Å². The van der Waals surface area contributed by atoms with E-state index >= 15 is 0 Å². The second-order valence-electron chi connectivity index (χ2n) is 5.16. The van der Waals surface area contributed by atoms with E-state index in [1.165, 1.54) is 11.1 Å². The minimum Gasteiger partial charge on any atom is -0.421 e. The molecule has 4 nitrogen and oxygen atoms in total. The highest BCUT2D eigenvalue weighted by Gasteiger charge is 2.09. The molecule has 0 fully saturated rings. The van der Waals surface area contributed by atoms with Crippen LogP contribution in [0.1, 0.15) is 30.9 Å². The third-order valence-corrected chi connectivity index (χ3v) is 3.11. The Morgan fingerprint density at radius 2 is 1.95 bits per heavy atom. The van der Waals surface area contributed by atoms with Crippen LogP contribution in [0, 0.1) is 13.8 Å². The van der Waals surface area contributed by atoms with E-state index in [0.717, 1.165) is 18.5 Å². The number of hydrogen-bond donors (Lipinski definition) is 1. The zero-order chi connectivity index (χ0) is 13.8. The van der Waals surface area contributed by atoms with Crippen LogP contribution in [0.25, 0.3) is 11.5 Å². The molecule has 2 aromatic rings. The van der Waals surface area contributed by atoms with Crippen molar-refractivity contribution in [1.82, 2.24) is 15.5 Å². The van der Waals surface area contributed by atoms with Gasteiger partial charge in [0.25, 0.3) is 0 Å². The summed E-state index contributed by atoms with van der Waals surface area (Å²) in [5.41, 5.74) is 3.49. The smallest absolute Gasteiger partial charge is 0.247 e. The lowest BCUT2D eigenvalue weighted by Gasteiger charge is -2.04. The molecule has 0 atom stereocenters. The number of rotatable bonds is 5. The molecule has 0 amide bonds. The van der Waals surface area contributed by atoms with Crippen LogP contribution in [0.3, 0.4) is 0 Å². The molecule has 0 radical (unpaired) electrons. The van der Waals surface area contributed by atoms with E-state index in [1.807, 2.05) is 6.07 Å². The van der Waals surface area contributed by atoms with Crippen molar-refractivity contribution >= 4 is 0 Å². The van der Waals surface area contributed by atoms with Gasteiger partial charge in [-0.2, -0.15) is 0 Å². The summed E-state index contributed by atoms with van der Waals surface area (Å²) in [5, 5.41) is 11.5. The number of nitrogens with one attached hydrogen (secondary N) is 1. The maximum absolute atomic E-state index is 5.68. The SMILES string of the molecule is Cc1ccc(-c2nnc(CCNC(C)C)o2)cc1C. The predicted molar refractivity (Wildman–Crippen MR) is 76.1 cm³/mol. The van der Waals surface area contributed by atoms with E-state index < -0.39 is 0 Å². The van der Waals surface area contributed by atoms with Gasteiger partial charge in [0.15, 0.2) is 0 Å². The molecule has 102 valence electrons. The molecule has 4 heteroatoms. The Balaban J connectivity index is 2.05. The second kappa shape index (κ2) is 5.97. The van der Waals surface area contributed by atoms with E-state index in [9.17, 15) is 0 Å². The average Bonchev–Trinajstić information content (AvgIpc) is 2.81. The Morgan fingerprint density at radius 1 is 1.16 bits per heavy atom. The lowest BCUT2D eigenvalue weighted by atomic mass is 10.1. The highest BCUT2D eigenvalue weighted by molar-refractivity contribution is 5.55. The largest absolute Gasteiger partial charge is 0.421 e. The molecule has 0 aliphatic rings. The fraction of sp³-hybridized carbons (Fsp3) is 0.467. The lowest BCUT2D eigenvalue weighted by molar-refractivity contribution is 0.484. The predicted octanol–water partition coefficient (Wildman–Crippen LogP) is 2.89. The van der Waals surface area contributed by atoms with Crippen LogP contribution in [-0.4, -0.2) is 22.8 Å². The molecule has 0 aliphatic carbocycles. The first-order valence-corrected chi connectivity index (χ1v) is 6.69. The van der Waals surface area contributed by atoms with Crippen molar-refractivity contribution < 1.29 is 4.42 Å². The second-order valence-corrected chi connectivity index (χ2v) is 5.16. The van der Waals surface area contributed by atoms with Gasteiger partial charge in [0.1, 0.15) is 0 Å². The standard InChI is InChI=1S/C15H21N3O/c1-10(2)16-8-7-14-17-18-15(19-14)13-6-5-11(3)12(4)9-13/h5-6,9-10,16H,7-8H2,1-4H3. The van der Waals surface area contributed by atoms with Gasteiger partial charge in [0.2, 0.25) is 11.8 Å². The van der Waals surface area contributed by atoms with Crippen molar-refractivity contribution in [2.75, 3.05) is 6.54 Å². The molecule has 1 heterocycles. The number of benzene rings is 1. The molecular weight excluding hydrogens is 238 g/mol. The summed E-state index contributed by atoms with van der Waals surface area (Å²) in [4.78, 5) is 0. The highest BCUT2D eigenvalue weighted by Crippen LogP contribution is 2.20. The molecule has 1 aromatic carbocycles. The van der Waals surface area contributed by atoms with E-state index in [2.05, 4.69) is 55.3 Å². The lowest BCUT2D eigenvalue weighted by Crippen LogP contribution is -2.25. The van der Waals surface area contributed by atoms with Gasteiger partial charge in [-0.1, -0.05) is 19.9 Å². The number of nitrogens with zero attached hydrogens (tertiary/aromatic N) is 2. The summed E-state index contributed by atoms with van der Waals surface area (Å²) >= 11 is 0. The molecule has 1 aromatic heterocycles. The minimum atomic E-state index is 0.474. The van der Waals surface area contributed by atoms with Crippen LogP contribution in [-0.2, 0) is 6.42 Å². The fourth-order valence-electron chi connectivity index (χ4n) is 1.81. The van der Waals surface area contributed by atoms with Crippen LogP contribution >= 0.6 is 0 Å². The van der Waals surface area contributed by atoms with Gasteiger partial charge in [0.05, 0.1) is 0 Å². The molecule has 0 unspecified atom stereocenters. The topological polar surface area (TPSA) is 51.0 Å². The van der Waals surface area contributed by atoms with Crippen LogP contribution in [0.2, 0.25) is 0 Å². The van der Waals surface area contributed by atoms with Gasteiger partial charge >= 0.3 is 0 Å². The fourth-order valence-corrected chi connectivity index (χ4v) is 1.81. The van der Waals surface area contributed by atoms with Crippen LogP contribution in [0.5, 0.6) is 0 Å². The van der Waals surface area contributed by atoms with Crippen molar-refractivity contribution in [3.8, 4) is 11.5 Å². The quantitative estimate of drug-likeness (QED) is 0.897. The highest BCUT2D eigenvalue weighted by atomic mass is 16.4. The number of aromatic nitrogens is 2. The summed E-state index contributed by atoms with van der Waals surface area (Å²) < 4.78 is 5.68. The Kier molecular flexibility index (Phi) is 4.32. The van der Waals surface area contributed by atoms with E-state index in [1.54, 1.807) is 0 Å². The maximum Gasteiger partial charge on any atom is 0.247 e.